The van der Waals surface area contributed by atoms with Gasteiger partial charge >= 0.3 is 22.5 Å². The molecule has 0 aliphatic rings. The van der Waals surface area contributed by atoms with Crippen molar-refractivity contribution >= 4 is 27.6 Å². The number of aromatic nitrogens is 1. The SMILES string of the molecule is NC(=NOS(=O)(=O)c1ccccc1C(F)(F)F)c1ncc(C(F)(F)F)cc1Cl. The van der Waals surface area contributed by atoms with Crippen molar-refractivity contribution in [2.45, 2.75) is 17.2 Å². The molecule has 0 fully saturated rings. The molecule has 0 saturated carbocycles. The Hall–Kier alpha value is -2.54. The Bertz CT molecular complexity index is 1020. The van der Waals surface area contributed by atoms with Crippen LogP contribution in [0.3, 0.4) is 0 Å². The number of halogens is 7. The van der Waals surface area contributed by atoms with Gasteiger partial charge < -0.3 is 5.73 Å². The van der Waals surface area contributed by atoms with Crippen LogP contribution >= 0.6 is 11.6 Å². The molecule has 0 radical (unpaired) electrons. The Labute approximate surface area is 158 Å². The van der Waals surface area contributed by atoms with Gasteiger partial charge in [0.2, 0.25) is 0 Å². The molecule has 6 nitrogen and oxygen atoms in total. The number of hydrogen-bond acceptors (Lipinski definition) is 5. The van der Waals surface area contributed by atoms with Gasteiger partial charge in [-0.05, 0) is 23.4 Å². The number of nitrogens with zero attached hydrogens (tertiary/aromatic N) is 2. The molecule has 14 heteroatoms. The van der Waals surface area contributed by atoms with Gasteiger partial charge in [0.1, 0.15) is 10.6 Å². The second kappa shape index (κ2) is 7.47. The normalized spacial score (nSPS) is 13.5. The summed E-state index contributed by atoms with van der Waals surface area (Å²) in [6.07, 6.45) is -9.39. The summed E-state index contributed by atoms with van der Waals surface area (Å²) >= 11 is 5.61. The highest BCUT2D eigenvalue weighted by molar-refractivity contribution is 7.86. The first kappa shape index (κ1) is 21.8. The van der Waals surface area contributed by atoms with Gasteiger partial charge in [-0.3, -0.25) is 9.27 Å². The van der Waals surface area contributed by atoms with Crippen molar-refractivity contribution in [3.63, 3.8) is 0 Å². The second-order valence-corrected chi connectivity index (χ2v) is 6.96. The molecule has 0 spiro atoms. The molecule has 1 heterocycles. The summed E-state index contributed by atoms with van der Waals surface area (Å²) in [6.45, 7) is 0. The van der Waals surface area contributed by atoms with Crippen LogP contribution in [-0.4, -0.2) is 19.2 Å². The Morgan fingerprint density at radius 3 is 2.25 bits per heavy atom. The lowest BCUT2D eigenvalue weighted by atomic mass is 10.2. The van der Waals surface area contributed by atoms with Gasteiger partial charge in [-0.25, -0.2) is 0 Å². The fourth-order valence-corrected chi connectivity index (χ4v) is 3.09. The van der Waals surface area contributed by atoms with Crippen LogP contribution in [0.15, 0.2) is 46.6 Å². The lowest BCUT2D eigenvalue weighted by Crippen LogP contribution is -2.19. The summed E-state index contributed by atoms with van der Waals surface area (Å²) in [5.74, 6) is -0.869. The predicted octanol–water partition coefficient (Wildman–Crippen LogP) is 3.80. The molecule has 1 aromatic carbocycles. The maximum Gasteiger partial charge on any atom is 0.417 e. The molecule has 0 aliphatic heterocycles. The molecule has 2 rings (SSSR count). The quantitative estimate of drug-likeness (QED) is 0.333. The van der Waals surface area contributed by atoms with Crippen molar-refractivity contribution in [1.29, 1.82) is 0 Å². The summed E-state index contributed by atoms with van der Waals surface area (Å²) in [7, 11) is -5.06. The van der Waals surface area contributed by atoms with Gasteiger partial charge in [-0.15, -0.1) is 0 Å². The Balaban J connectivity index is 2.36. The van der Waals surface area contributed by atoms with E-state index >= 15 is 0 Å². The van der Waals surface area contributed by atoms with E-state index in [1.165, 1.54) is 0 Å². The van der Waals surface area contributed by atoms with Crippen LogP contribution in [0, 0.1) is 0 Å². The van der Waals surface area contributed by atoms with Crippen LogP contribution in [0.25, 0.3) is 0 Å². The van der Waals surface area contributed by atoms with E-state index in [4.69, 9.17) is 17.3 Å². The Morgan fingerprint density at radius 2 is 1.71 bits per heavy atom. The van der Waals surface area contributed by atoms with Crippen molar-refractivity contribution < 1.29 is 39.0 Å². The topological polar surface area (TPSA) is 94.6 Å². The highest BCUT2D eigenvalue weighted by Gasteiger charge is 2.38. The van der Waals surface area contributed by atoms with Crippen LogP contribution < -0.4 is 5.73 Å². The van der Waals surface area contributed by atoms with Crippen molar-refractivity contribution in [3.8, 4) is 0 Å². The maximum absolute atomic E-state index is 12.9. The van der Waals surface area contributed by atoms with Crippen LogP contribution in [0.4, 0.5) is 26.3 Å². The number of hydrogen-bond donors (Lipinski definition) is 1. The van der Waals surface area contributed by atoms with Gasteiger partial charge in [0.05, 0.1) is 16.1 Å². The van der Waals surface area contributed by atoms with Crippen LogP contribution in [0.1, 0.15) is 16.8 Å². The first-order chi connectivity index (χ1) is 12.7. The highest BCUT2D eigenvalue weighted by atomic mass is 35.5. The fraction of sp³-hybridized carbons (Fsp3) is 0.143. The lowest BCUT2D eigenvalue weighted by molar-refractivity contribution is -0.140. The van der Waals surface area contributed by atoms with Gasteiger partial charge in [0, 0.05) is 6.20 Å². The molecular weight excluding hydrogens is 440 g/mol. The average molecular weight is 448 g/mol. The smallest absolute Gasteiger partial charge is 0.379 e. The lowest BCUT2D eigenvalue weighted by Gasteiger charge is -2.11. The summed E-state index contributed by atoms with van der Waals surface area (Å²) in [4.78, 5) is 2.08. The van der Waals surface area contributed by atoms with E-state index in [-0.39, 0.29) is 0 Å². The molecule has 1 aromatic heterocycles. The molecule has 0 saturated heterocycles. The van der Waals surface area contributed by atoms with Crippen molar-refractivity contribution in [1.82, 2.24) is 4.98 Å². The molecule has 0 amide bonds. The van der Waals surface area contributed by atoms with E-state index in [9.17, 15) is 34.8 Å². The summed E-state index contributed by atoms with van der Waals surface area (Å²) in [5, 5.41) is 2.30. The number of benzene rings is 1. The van der Waals surface area contributed by atoms with Gasteiger partial charge in [-0.1, -0.05) is 23.7 Å². The first-order valence-electron chi connectivity index (χ1n) is 6.90. The number of oxime groups is 1. The van der Waals surface area contributed by atoms with Gasteiger partial charge in [0.15, 0.2) is 5.84 Å². The van der Waals surface area contributed by atoms with Gasteiger partial charge in [0.25, 0.3) is 0 Å². The number of alkyl halides is 6. The molecular formula is C14H8ClF6N3O3S. The minimum atomic E-state index is -5.06. The molecule has 0 unspecified atom stereocenters. The summed E-state index contributed by atoms with van der Waals surface area (Å²) < 4.78 is 105. The molecule has 28 heavy (non-hydrogen) atoms. The standard InChI is InChI=1S/C14H8ClF6N3O3S/c15-9-5-7(13(16,17)18)6-23-11(9)12(22)24-27-28(25,26)10-4-2-1-3-8(10)14(19,20)21/h1-6H,(H2,22,24). The number of pyridine rings is 1. The number of rotatable bonds is 4. The third-order valence-electron chi connectivity index (χ3n) is 3.11. The van der Waals surface area contributed by atoms with E-state index in [1.54, 1.807) is 0 Å². The zero-order chi connectivity index (χ0) is 21.3. The molecule has 0 bridgehead atoms. The van der Waals surface area contributed by atoms with Crippen LogP contribution in [0.2, 0.25) is 5.02 Å². The largest absolute Gasteiger partial charge is 0.417 e. The summed E-state index contributed by atoms with van der Waals surface area (Å²) in [6, 6.07) is 3.59. The Kier molecular flexibility index (Phi) is 5.80. The van der Waals surface area contributed by atoms with E-state index in [0.29, 0.717) is 24.4 Å². The van der Waals surface area contributed by atoms with Crippen LogP contribution in [0.5, 0.6) is 0 Å². The van der Waals surface area contributed by atoms with Crippen molar-refractivity contribution in [2.24, 2.45) is 10.9 Å². The zero-order valence-electron chi connectivity index (χ0n) is 13.2. The molecule has 0 aliphatic carbocycles. The van der Waals surface area contributed by atoms with Gasteiger partial charge in [-0.2, -0.15) is 34.8 Å². The minimum Gasteiger partial charge on any atom is -0.379 e. The molecule has 2 N–H and O–H groups in total. The van der Waals surface area contributed by atoms with Crippen molar-refractivity contribution in [3.05, 3.63) is 58.4 Å². The number of amidine groups is 1. The maximum atomic E-state index is 12.9. The third-order valence-corrected chi connectivity index (χ3v) is 4.56. The minimum absolute atomic E-state index is 0.358. The number of nitrogens with two attached hydrogens (primary N) is 1. The fourth-order valence-electron chi connectivity index (χ4n) is 1.87. The highest BCUT2D eigenvalue weighted by Crippen LogP contribution is 2.35. The summed E-state index contributed by atoms with van der Waals surface area (Å²) in [5.41, 5.74) is 2.10. The average Bonchev–Trinajstić information content (AvgIpc) is 2.58. The van der Waals surface area contributed by atoms with E-state index in [2.05, 4.69) is 14.4 Å². The van der Waals surface area contributed by atoms with Crippen molar-refractivity contribution in [2.75, 3.05) is 0 Å². The molecule has 0 atom stereocenters. The monoisotopic (exact) mass is 447 g/mol. The molecule has 2 aromatic rings. The van der Waals surface area contributed by atoms with Crippen LogP contribution in [-0.2, 0) is 26.8 Å². The zero-order valence-corrected chi connectivity index (χ0v) is 14.8. The first-order valence-corrected chi connectivity index (χ1v) is 8.68. The van der Waals surface area contributed by atoms with E-state index in [0.717, 1.165) is 12.1 Å². The molecule has 152 valence electrons. The third kappa shape index (κ3) is 4.84. The second-order valence-electron chi connectivity index (χ2n) is 5.05. The van der Waals surface area contributed by atoms with E-state index in [1.807, 2.05) is 0 Å². The van der Waals surface area contributed by atoms with E-state index < -0.39 is 55.0 Å². The Morgan fingerprint density at radius 1 is 1.11 bits per heavy atom. The predicted molar refractivity (Wildman–Crippen MR) is 84.7 cm³/mol.